The number of aromatic nitrogens is 1. The van der Waals surface area contributed by atoms with Gasteiger partial charge in [0.2, 0.25) is 0 Å². The Bertz CT molecular complexity index is 517. The van der Waals surface area contributed by atoms with E-state index in [4.69, 9.17) is 4.74 Å². The van der Waals surface area contributed by atoms with Gasteiger partial charge in [0.25, 0.3) is 0 Å². The summed E-state index contributed by atoms with van der Waals surface area (Å²) in [6.45, 7) is 2.17. The van der Waals surface area contributed by atoms with E-state index in [0.29, 0.717) is 6.10 Å². The van der Waals surface area contributed by atoms with Crippen molar-refractivity contribution in [3.05, 3.63) is 36.0 Å². The molecule has 0 atom stereocenters. The molecule has 1 aliphatic carbocycles. The molecule has 1 aromatic heterocycles. The van der Waals surface area contributed by atoms with E-state index in [-0.39, 0.29) is 0 Å². The lowest BCUT2D eigenvalue weighted by Crippen LogP contribution is -1.98. The van der Waals surface area contributed by atoms with Crippen LogP contribution in [0, 0.1) is 0 Å². The largest absolute Gasteiger partial charge is 0.488 e. The molecule has 2 aromatic rings. The molecular formula is C14H15NO. The van der Waals surface area contributed by atoms with Gasteiger partial charge in [-0.25, -0.2) is 0 Å². The number of aryl methyl sites for hydroxylation is 1. The zero-order valence-corrected chi connectivity index (χ0v) is 9.44. The first-order valence-electron chi connectivity index (χ1n) is 5.91. The third-order valence-corrected chi connectivity index (χ3v) is 2.96. The summed E-state index contributed by atoms with van der Waals surface area (Å²) in [5.41, 5.74) is 2.31. The number of rotatable bonds is 3. The normalized spacial score (nSPS) is 15.3. The Kier molecular flexibility index (Phi) is 2.28. The maximum absolute atomic E-state index is 5.92. The lowest BCUT2D eigenvalue weighted by Gasteiger charge is -2.09. The van der Waals surface area contributed by atoms with Crippen molar-refractivity contribution in [2.45, 2.75) is 32.3 Å². The second kappa shape index (κ2) is 3.78. The quantitative estimate of drug-likeness (QED) is 0.780. The van der Waals surface area contributed by atoms with Gasteiger partial charge in [-0.15, -0.1) is 0 Å². The van der Waals surface area contributed by atoms with Crippen LogP contribution in [0.25, 0.3) is 10.9 Å². The highest BCUT2D eigenvalue weighted by molar-refractivity contribution is 5.85. The van der Waals surface area contributed by atoms with Gasteiger partial charge in [0.15, 0.2) is 0 Å². The molecule has 0 radical (unpaired) electrons. The number of pyridine rings is 1. The van der Waals surface area contributed by atoms with Crippen molar-refractivity contribution in [3.8, 4) is 5.75 Å². The van der Waals surface area contributed by atoms with Crippen molar-refractivity contribution in [3.63, 3.8) is 0 Å². The summed E-state index contributed by atoms with van der Waals surface area (Å²) in [7, 11) is 0. The molecule has 0 N–H and O–H groups in total. The highest BCUT2D eigenvalue weighted by Gasteiger charge is 2.24. The fourth-order valence-electron chi connectivity index (χ4n) is 1.88. The molecule has 1 aromatic carbocycles. The van der Waals surface area contributed by atoms with Gasteiger partial charge in [-0.05, 0) is 43.0 Å². The molecule has 1 aliphatic rings. The first-order valence-corrected chi connectivity index (χ1v) is 5.91. The Balaban J connectivity index is 2.13. The standard InChI is InChI=1S/C14H15NO/c1-2-10-8-11-4-3-7-15-14(11)13(9-10)16-12-5-6-12/h3-4,7-9,12H,2,5-6H2,1H3. The molecule has 0 saturated heterocycles. The molecule has 3 rings (SSSR count). The van der Waals surface area contributed by atoms with Crippen molar-refractivity contribution < 1.29 is 4.74 Å². The molecular weight excluding hydrogens is 198 g/mol. The highest BCUT2D eigenvalue weighted by Crippen LogP contribution is 2.32. The first kappa shape index (κ1) is 9.64. The van der Waals surface area contributed by atoms with Crippen molar-refractivity contribution in [2.24, 2.45) is 0 Å². The van der Waals surface area contributed by atoms with Crippen LogP contribution in [0.1, 0.15) is 25.3 Å². The van der Waals surface area contributed by atoms with Crippen LogP contribution in [-0.4, -0.2) is 11.1 Å². The second-order valence-electron chi connectivity index (χ2n) is 4.34. The van der Waals surface area contributed by atoms with Crippen LogP contribution in [0.15, 0.2) is 30.5 Å². The Morgan fingerprint density at radius 1 is 1.38 bits per heavy atom. The Hall–Kier alpha value is -1.57. The molecule has 1 saturated carbocycles. The van der Waals surface area contributed by atoms with E-state index in [9.17, 15) is 0 Å². The third kappa shape index (κ3) is 1.75. The Morgan fingerprint density at radius 3 is 3.00 bits per heavy atom. The van der Waals surface area contributed by atoms with Crippen LogP contribution >= 0.6 is 0 Å². The average Bonchev–Trinajstić information content (AvgIpc) is 3.13. The molecule has 0 bridgehead atoms. The van der Waals surface area contributed by atoms with Crippen LogP contribution in [0.2, 0.25) is 0 Å². The van der Waals surface area contributed by atoms with Crippen LogP contribution in [0.4, 0.5) is 0 Å². The Labute approximate surface area is 95.3 Å². The van der Waals surface area contributed by atoms with Gasteiger partial charge >= 0.3 is 0 Å². The molecule has 1 heterocycles. The molecule has 1 fully saturated rings. The van der Waals surface area contributed by atoms with Crippen molar-refractivity contribution in [1.82, 2.24) is 4.98 Å². The molecule has 0 amide bonds. The fraction of sp³-hybridized carbons (Fsp3) is 0.357. The van der Waals surface area contributed by atoms with Crippen LogP contribution < -0.4 is 4.74 Å². The number of benzene rings is 1. The van der Waals surface area contributed by atoms with E-state index in [0.717, 1.165) is 17.7 Å². The molecule has 2 heteroatoms. The highest BCUT2D eigenvalue weighted by atomic mass is 16.5. The molecule has 82 valence electrons. The van der Waals surface area contributed by atoms with Crippen LogP contribution in [0.5, 0.6) is 5.75 Å². The van der Waals surface area contributed by atoms with E-state index in [1.807, 2.05) is 12.3 Å². The van der Waals surface area contributed by atoms with E-state index < -0.39 is 0 Å². The average molecular weight is 213 g/mol. The molecule has 2 nitrogen and oxygen atoms in total. The minimum absolute atomic E-state index is 0.428. The van der Waals surface area contributed by atoms with E-state index >= 15 is 0 Å². The third-order valence-electron chi connectivity index (χ3n) is 2.96. The second-order valence-corrected chi connectivity index (χ2v) is 4.34. The summed E-state index contributed by atoms with van der Waals surface area (Å²) in [6, 6.07) is 8.40. The Morgan fingerprint density at radius 2 is 2.25 bits per heavy atom. The minimum Gasteiger partial charge on any atom is -0.488 e. The van der Waals surface area contributed by atoms with Crippen molar-refractivity contribution >= 4 is 10.9 Å². The maximum atomic E-state index is 5.92. The zero-order valence-electron chi connectivity index (χ0n) is 9.44. The summed E-state index contributed by atoms with van der Waals surface area (Å²) in [4.78, 5) is 4.41. The summed E-state index contributed by atoms with van der Waals surface area (Å²) >= 11 is 0. The van der Waals surface area contributed by atoms with Gasteiger partial charge in [0.1, 0.15) is 11.3 Å². The summed E-state index contributed by atoms with van der Waals surface area (Å²) in [6.07, 6.45) is 5.66. The topological polar surface area (TPSA) is 22.1 Å². The molecule has 16 heavy (non-hydrogen) atoms. The van der Waals surface area contributed by atoms with E-state index in [2.05, 4.69) is 30.1 Å². The number of ether oxygens (including phenoxy) is 1. The number of hydrogen-bond donors (Lipinski definition) is 0. The minimum atomic E-state index is 0.428. The van der Waals surface area contributed by atoms with Crippen LogP contribution in [0.3, 0.4) is 0 Å². The van der Waals surface area contributed by atoms with E-state index in [1.165, 1.54) is 23.8 Å². The number of fused-ring (bicyclic) bond motifs is 1. The molecule has 0 unspecified atom stereocenters. The summed E-state index contributed by atoms with van der Waals surface area (Å²) in [5.74, 6) is 0.956. The predicted octanol–water partition coefficient (Wildman–Crippen LogP) is 3.34. The van der Waals surface area contributed by atoms with E-state index in [1.54, 1.807) is 0 Å². The monoisotopic (exact) mass is 213 g/mol. The lowest BCUT2D eigenvalue weighted by atomic mass is 10.1. The SMILES string of the molecule is CCc1cc(OC2CC2)c2ncccc2c1. The predicted molar refractivity (Wildman–Crippen MR) is 64.8 cm³/mol. The number of nitrogens with zero attached hydrogens (tertiary/aromatic N) is 1. The van der Waals surface area contributed by atoms with Gasteiger partial charge in [0, 0.05) is 11.6 Å². The van der Waals surface area contributed by atoms with Gasteiger partial charge in [0.05, 0.1) is 6.10 Å². The lowest BCUT2D eigenvalue weighted by molar-refractivity contribution is 0.306. The van der Waals surface area contributed by atoms with Gasteiger partial charge in [-0.1, -0.05) is 13.0 Å². The van der Waals surface area contributed by atoms with Crippen molar-refractivity contribution in [2.75, 3.05) is 0 Å². The summed E-state index contributed by atoms with van der Waals surface area (Å²) in [5, 5.41) is 1.18. The van der Waals surface area contributed by atoms with Gasteiger partial charge in [-0.2, -0.15) is 0 Å². The molecule has 0 spiro atoms. The fourth-order valence-corrected chi connectivity index (χ4v) is 1.88. The summed E-state index contributed by atoms with van der Waals surface area (Å²) < 4.78 is 5.92. The van der Waals surface area contributed by atoms with Gasteiger partial charge in [-0.3, -0.25) is 4.98 Å². The number of hydrogen-bond acceptors (Lipinski definition) is 2. The van der Waals surface area contributed by atoms with Gasteiger partial charge < -0.3 is 4.74 Å². The zero-order chi connectivity index (χ0) is 11.0. The molecule has 0 aliphatic heterocycles. The smallest absolute Gasteiger partial charge is 0.146 e. The first-order chi connectivity index (χ1) is 7.86. The maximum Gasteiger partial charge on any atom is 0.146 e. The van der Waals surface area contributed by atoms with Crippen LogP contribution in [-0.2, 0) is 6.42 Å². The van der Waals surface area contributed by atoms with Crippen molar-refractivity contribution in [1.29, 1.82) is 0 Å².